The van der Waals surface area contributed by atoms with Crippen molar-refractivity contribution in [1.82, 2.24) is 0 Å². The number of carbonyl (C=O) groups excluding carboxylic acids is 1. The topological polar surface area (TPSA) is 17.1 Å². The van der Waals surface area contributed by atoms with Crippen LogP contribution in [0.4, 0.5) is 0 Å². The summed E-state index contributed by atoms with van der Waals surface area (Å²) < 4.78 is 0. The second-order valence-corrected chi connectivity index (χ2v) is 5.30. The molecule has 0 bridgehead atoms. The van der Waals surface area contributed by atoms with Gasteiger partial charge >= 0.3 is 0 Å². The second kappa shape index (κ2) is 4.26. The molecule has 0 unspecified atom stereocenters. The van der Waals surface area contributed by atoms with Gasteiger partial charge in [-0.05, 0) is 30.7 Å². The van der Waals surface area contributed by atoms with Crippen molar-refractivity contribution >= 4 is 17.6 Å². The van der Waals surface area contributed by atoms with Crippen molar-refractivity contribution in [2.75, 3.05) is 0 Å². The van der Waals surface area contributed by atoms with Crippen LogP contribution in [0.1, 0.15) is 53.8 Å². The lowest BCUT2D eigenvalue weighted by Crippen LogP contribution is -2.09. The molecule has 1 aliphatic rings. The van der Waals surface area contributed by atoms with Crippen molar-refractivity contribution in [2.24, 2.45) is 5.92 Å². The van der Waals surface area contributed by atoms with Gasteiger partial charge in [-0.25, -0.2) is 0 Å². The monoisotopic (exact) mass is 208 g/mol. The molecule has 0 saturated heterocycles. The predicted octanol–water partition coefficient (Wildman–Crippen LogP) is 3.85. The van der Waals surface area contributed by atoms with Gasteiger partial charge < -0.3 is 0 Å². The highest BCUT2D eigenvalue weighted by molar-refractivity contribution is 7.10. The minimum Gasteiger partial charge on any atom is -0.298 e. The number of rotatable bonds is 2. The highest BCUT2D eigenvalue weighted by atomic mass is 32.1. The molecule has 0 aliphatic heterocycles. The largest absolute Gasteiger partial charge is 0.298 e. The van der Waals surface area contributed by atoms with Crippen molar-refractivity contribution in [1.29, 1.82) is 0 Å². The molecule has 0 N–H and O–H groups in total. The zero-order chi connectivity index (χ0) is 9.97. The van der Waals surface area contributed by atoms with Crippen LogP contribution in [0.25, 0.3) is 0 Å². The summed E-state index contributed by atoms with van der Waals surface area (Å²) in [6.07, 6.45) is 6.25. The summed E-state index contributed by atoms with van der Waals surface area (Å²) in [5.41, 5.74) is 0.851. The maximum absolute atomic E-state index is 10.6. The zero-order valence-corrected chi connectivity index (χ0v) is 9.35. The molecular formula is C12H16OS. The lowest BCUT2D eigenvalue weighted by molar-refractivity contribution is 0.112. The van der Waals surface area contributed by atoms with E-state index < -0.39 is 0 Å². The third-order valence-corrected chi connectivity index (χ3v) is 4.31. The Morgan fingerprint density at radius 2 is 2.07 bits per heavy atom. The van der Waals surface area contributed by atoms with Crippen LogP contribution in [0.15, 0.2) is 11.4 Å². The van der Waals surface area contributed by atoms with Gasteiger partial charge in [0, 0.05) is 15.8 Å². The first-order valence-electron chi connectivity index (χ1n) is 5.33. The molecule has 1 heterocycles. The first-order chi connectivity index (χ1) is 6.79. The third-order valence-electron chi connectivity index (χ3n) is 3.19. The van der Waals surface area contributed by atoms with E-state index in [-0.39, 0.29) is 0 Å². The van der Waals surface area contributed by atoms with Crippen molar-refractivity contribution in [3.63, 3.8) is 0 Å². The van der Waals surface area contributed by atoms with Gasteiger partial charge in [-0.3, -0.25) is 4.79 Å². The smallest absolute Gasteiger partial charge is 0.150 e. The van der Waals surface area contributed by atoms with Gasteiger partial charge in [-0.15, -0.1) is 11.3 Å². The van der Waals surface area contributed by atoms with Crippen LogP contribution in [-0.4, -0.2) is 6.29 Å². The molecule has 1 saturated carbocycles. The summed E-state index contributed by atoms with van der Waals surface area (Å²) in [6, 6.07) is 2.07. The average molecular weight is 208 g/mol. The Hall–Kier alpha value is -0.630. The SMILES string of the molecule is CC1CCC(c2cc(C=O)cs2)CC1. The van der Waals surface area contributed by atoms with E-state index in [4.69, 9.17) is 0 Å². The number of hydrogen-bond donors (Lipinski definition) is 0. The summed E-state index contributed by atoms with van der Waals surface area (Å²) in [4.78, 5) is 12.0. The Labute approximate surface area is 89.1 Å². The normalized spacial score (nSPS) is 27.5. The average Bonchev–Trinajstić information content (AvgIpc) is 2.67. The summed E-state index contributed by atoms with van der Waals surface area (Å²) in [5.74, 6) is 1.63. The molecule has 0 radical (unpaired) electrons. The molecule has 76 valence electrons. The van der Waals surface area contributed by atoms with Gasteiger partial charge in [0.05, 0.1) is 0 Å². The van der Waals surface area contributed by atoms with Gasteiger partial charge in [0.15, 0.2) is 6.29 Å². The van der Waals surface area contributed by atoms with Gasteiger partial charge in [0.25, 0.3) is 0 Å². The fourth-order valence-corrected chi connectivity index (χ4v) is 3.22. The fraction of sp³-hybridized carbons (Fsp3) is 0.583. The number of carbonyl (C=O) groups is 1. The highest BCUT2D eigenvalue weighted by Gasteiger charge is 2.20. The summed E-state index contributed by atoms with van der Waals surface area (Å²) in [7, 11) is 0. The third kappa shape index (κ3) is 2.06. The molecule has 2 heteroatoms. The van der Waals surface area contributed by atoms with E-state index in [0.717, 1.165) is 23.7 Å². The van der Waals surface area contributed by atoms with E-state index in [1.807, 2.05) is 5.38 Å². The van der Waals surface area contributed by atoms with Crippen molar-refractivity contribution < 1.29 is 4.79 Å². The van der Waals surface area contributed by atoms with Gasteiger partial charge in [0.1, 0.15) is 0 Å². The van der Waals surface area contributed by atoms with Crippen LogP contribution in [-0.2, 0) is 0 Å². The van der Waals surface area contributed by atoms with E-state index in [0.29, 0.717) is 0 Å². The van der Waals surface area contributed by atoms with Crippen molar-refractivity contribution in [3.05, 3.63) is 21.9 Å². The van der Waals surface area contributed by atoms with Crippen molar-refractivity contribution in [3.8, 4) is 0 Å². The Kier molecular flexibility index (Phi) is 3.02. The molecule has 1 aromatic heterocycles. The molecule has 1 nitrogen and oxygen atoms in total. The molecule has 0 spiro atoms. The number of aldehydes is 1. The minimum atomic E-state index is 0.727. The van der Waals surface area contributed by atoms with E-state index >= 15 is 0 Å². The lowest BCUT2D eigenvalue weighted by Gasteiger charge is -2.25. The predicted molar refractivity (Wildman–Crippen MR) is 60.1 cm³/mol. The standard InChI is InChI=1S/C12H16OS/c1-9-2-4-11(5-3-9)12-6-10(7-13)8-14-12/h6-9,11H,2-5H2,1H3. The maximum atomic E-state index is 10.6. The zero-order valence-electron chi connectivity index (χ0n) is 8.53. The van der Waals surface area contributed by atoms with Crippen LogP contribution < -0.4 is 0 Å². The Bertz CT molecular complexity index is 308. The Morgan fingerprint density at radius 3 is 2.64 bits per heavy atom. The first kappa shape index (κ1) is 9.91. The first-order valence-corrected chi connectivity index (χ1v) is 6.21. The molecule has 0 atom stereocenters. The molecule has 14 heavy (non-hydrogen) atoms. The molecule has 0 aromatic carbocycles. The summed E-state index contributed by atoms with van der Waals surface area (Å²) >= 11 is 1.75. The maximum Gasteiger partial charge on any atom is 0.150 e. The van der Waals surface area contributed by atoms with Gasteiger partial charge in [-0.1, -0.05) is 19.8 Å². The molecule has 1 aliphatic carbocycles. The molecule has 1 aromatic rings. The molecular weight excluding hydrogens is 192 g/mol. The molecule has 2 rings (SSSR count). The van der Waals surface area contributed by atoms with Crippen LogP contribution in [0.5, 0.6) is 0 Å². The van der Waals surface area contributed by atoms with Crippen LogP contribution in [0.2, 0.25) is 0 Å². The Morgan fingerprint density at radius 1 is 1.36 bits per heavy atom. The van der Waals surface area contributed by atoms with Crippen LogP contribution in [0, 0.1) is 5.92 Å². The van der Waals surface area contributed by atoms with Gasteiger partial charge in [0.2, 0.25) is 0 Å². The van der Waals surface area contributed by atoms with E-state index in [1.54, 1.807) is 11.3 Å². The van der Waals surface area contributed by atoms with Crippen LogP contribution in [0.3, 0.4) is 0 Å². The second-order valence-electron chi connectivity index (χ2n) is 4.36. The molecule has 1 fully saturated rings. The highest BCUT2D eigenvalue weighted by Crippen LogP contribution is 2.37. The summed E-state index contributed by atoms with van der Waals surface area (Å²) in [5, 5.41) is 1.97. The van der Waals surface area contributed by atoms with Gasteiger partial charge in [-0.2, -0.15) is 0 Å². The molecule has 0 amide bonds. The Balaban J connectivity index is 2.04. The number of thiophene rings is 1. The summed E-state index contributed by atoms with van der Waals surface area (Å²) in [6.45, 7) is 2.33. The van der Waals surface area contributed by atoms with Crippen molar-refractivity contribution in [2.45, 2.75) is 38.5 Å². The minimum absolute atomic E-state index is 0.727. The van der Waals surface area contributed by atoms with E-state index in [2.05, 4.69) is 13.0 Å². The van der Waals surface area contributed by atoms with E-state index in [1.165, 1.54) is 30.6 Å². The van der Waals surface area contributed by atoms with Crippen LogP contribution >= 0.6 is 11.3 Å². The lowest BCUT2D eigenvalue weighted by atomic mass is 9.82. The quantitative estimate of drug-likeness (QED) is 0.675. The number of hydrogen-bond acceptors (Lipinski definition) is 2. The fourth-order valence-electron chi connectivity index (χ4n) is 2.19. The van der Waals surface area contributed by atoms with E-state index in [9.17, 15) is 4.79 Å².